The van der Waals surface area contributed by atoms with E-state index >= 15 is 0 Å². The smallest absolute Gasteiger partial charge is 0.161 e. The number of hydrogen-bond acceptors (Lipinski definition) is 5. The van der Waals surface area contributed by atoms with Crippen LogP contribution in [0.5, 0.6) is 11.5 Å². The fourth-order valence-electron chi connectivity index (χ4n) is 2.94. The Bertz CT molecular complexity index is 755. The first-order valence-corrected chi connectivity index (χ1v) is 8.91. The van der Waals surface area contributed by atoms with Gasteiger partial charge in [0, 0.05) is 39.1 Å². The molecule has 0 aromatic heterocycles. The molecular formula is C20H27N3O3. The first-order chi connectivity index (χ1) is 12.7. The number of fused-ring (bicyclic) bond motifs is 1. The molecule has 0 N–H and O–H groups in total. The van der Waals surface area contributed by atoms with Crippen LogP contribution in [0.3, 0.4) is 0 Å². The number of rotatable bonds is 7. The van der Waals surface area contributed by atoms with Crippen molar-refractivity contribution in [1.29, 1.82) is 0 Å². The number of benzene rings is 2. The van der Waals surface area contributed by atoms with Crippen molar-refractivity contribution in [2.45, 2.75) is 0 Å². The SMILES string of the molecule is COc1cc2c(N=CN(C)C)cccc2cc1OCCN1CCOCC1. The monoisotopic (exact) mass is 357 g/mol. The third kappa shape index (κ3) is 4.65. The van der Waals surface area contributed by atoms with E-state index in [0.717, 1.165) is 60.8 Å². The zero-order valence-corrected chi connectivity index (χ0v) is 15.8. The van der Waals surface area contributed by atoms with Crippen molar-refractivity contribution in [1.82, 2.24) is 9.80 Å². The average molecular weight is 357 g/mol. The van der Waals surface area contributed by atoms with Gasteiger partial charge in [-0.05, 0) is 23.6 Å². The van der Waals surface area contributed by atoms with Gasteiger partial charge in [-0.15, -0.1) is 0 Å². The van der Waals surface area contributed by atoms with Gasteiger partial charge in [-0.2, -0.15) is 0 Å². The van der Waals surface area contributed by atoms with E-state index in [-0.39, 0.29) is 0 Å². The summed E-state index contributed by atoms with van der Waals surface area (Å²) < 4.78 is 17.0. The Morgan fingerprint density at radius 3 is 2.73 bits per heavy atom. The Morgan fingerprint density at radius 1 is 1.19 bits per heavy atom. The lowest BCUT2D eigenvalue weighted by atomic mass is 10.1. The van der Waals surface area contributed by atoms with E-state index in [2.05, 4.69) is 16.0 Å². The van der Waals surface area contributed by atoms with E-state index in [1.807, 2.05) is 43.3 Å². The molecule has 3 rings (SSSR count). The molecule has 6 nitrogen and oxygen atoms in total. The normalized spacial score (nSPS) is 15.5. The molecule has 1 aliphatic rings. The number of ether oxygens (including phenoxy) is 3. The Morgan fingerprint density at radius 2 is 2.00 bits per heavy atom. The number of aliphatic imine (C=N–C) groups is 1. The highest BCUT2D eigenvalue weighted by atomic mass is 16.5. The highest BCUT2D eigenvalue weighted by Gasteiger charge is 2.12. The molecule has 1 heterocycles. The summed E-state index contributed by atoms with van der Waals surface area (Å²) in [4.78, 5) is 8.82. The summed E-state index contributed by atoms with van der Waals surface area (Å²) >= 11 is 0. The van der Waals surface area contributed by atoms with E-state index in [9.17, 15) is 0 Å². The topological polar surface area (TPSA) is 46.5 Å². The number of morpholine rings is 1. The first-order valence-electron chi connectivity index (χ1n) is 8.91. The first kappa shape index (κ1) is 18.5. The van der Waals surface area contributed by atoms with Crippen molar-refractivity contribution in [2.75, 3.05) is 60.7 Å². The van der Waals surface area contributed by atoms with Crippen molar-refractivity contribution in [3.05, 3.63) is 30.3 Å². The van der Waals surface area contributed by atoms with Crippen LogP contribution >= 0.6 is 0 Å². The minimum atomic E-state index is 0.625. The van der Waals surface area contributed by atoms with Crippen LogP contribution < -0.4 is 9.47 Å². The summed E-state index contributed by atoms with van der Waals surface area (Å²) in [6.07, 6.45) is 1.80. The van der Waals surface area contributed by atoms with Gasteiger partial charge in [-0.1, -0.05) is 12.1 Å². The van der Waals surface area contributed by atoms with Gasteiger partial charge < -0.3 is 19.1 Å². The second kappa shape index (κ2) is 8.87. The third-order valence-corrected chi connectivity index (χ3v) is 4.34. The Kier molecular flexibility index (Phi) is 6.30. The summed E-state index contributed by atoms with van der Waals surface area (Å²) in [5, 5.41) is 2.13. The van der Waals surface area contributed by atoms with Crippen LogP contribution in [0.25, 0.3) is 10.8 Å². The van der Waals surface area contributed by atoms with Gasteiger partial charge in [0.1, 0.15) is 6.61 Å². The van der Waals surface area contributed by atoms with E-state index in [1.54, 1.807) is 13.4 Å². The summed E-state index contributed by atoms with van der Waals surface area (Å²) in [6.45, 7) is 5.04. The lowest BCUT2D eigenvalue weighted by Gasteiger charge is -2.26. The molecule has 6 heteroatoms. The summed E-state index contributed by atoms with van der Waals surface area (Å²) in [6, 6.07) is 10.1. The molecule has 0 aliphatic carbocycles. The fraction of sp³-hybridized carbons (Fsp3) is 0.450. The lowest BCUT2D eigenvalue weighted by molar-refractivity contribution is 0.0321. The number of nitrogens with zero attached hydrogens (tertiary/aromatic N) is 3. The molecule has 1 fully saturated rings. The summed E-state index contributed by atoms with van der Waals surface area (Å²) in [5.74, 6) is 1.49. The predicted octanol–water partition coefficient (Wildman–Crippen LogP) is 2.78. The van der Waals surface area contributed by atoms with Crippen LogP contribution in [0.4, 0.5) is 5.69 Å². The van der Waals surface area contributed by atoms with Gasteiger partial charge in [-0.25, -0.2) is 4.99 Å². The molecule has 0 radical (unpaired) electrons. The lowest BCUT2D eigenvalue weighted by Crippen LogP contribution is -2.38. The van der Waals surface area contributed by atoms with E-state index < -0.39 is 0 Å². The van der Waals surface area contributed by atoms with Gasteiger partial charge in [0.05, 0.1) is 32.3 Å². The van der Waals surface area contributed by atoms with Crippen LogP contribution in [0.2, 0.25) is 0 Å². The molecular weight excluding hydrogens is 330 g/mol. The second-order valence-corrected chi connectivity index (χ2v) is 6.51. The largest absolute Gasteiger partial charge is 0.493 e. The minimum absolute atomic E-state index is 0.625. The fourth-order valence-corrected chi connectivity index (χ4v) is 2.94. The molecule has 26 heavy (non-hydrogen) atoms. The molecule has 2 aromatic carbocycles. The Balaban J connectivity index is 1.77. The molecule has 140 valence electrons. The highest BCUT2D eigenvalue weighted by molar-refractivity contribution is 5.95. The van der Waals surface area contributed by atoms with E-state index in [4.69, 9.17) is 14.2 Å². The van der Waals surface area contributed by atoms with E-state index in [0.29, 0.717) is 6.61 Å². The molecule has 0 spiro atoms. The van der Waals surface area contributed by atoms with Crippen LogP contribution in [0, 0.1) is 0 Å². The molecule has 0 unspecified atom stereocenters. The summed E-state index contributed by atoms with van der Waals surface area (Å²) in [5.41, 5.74) is 0.911. The van der Waals surface area contributed by atoms with Crippen molar-refractivity contribution in [3.8, 4) is 11.5 Å². The van der Waals surface area contributed by atoms with Crippen LogP contribution in [-0.2, 0) is 4.74 Å². The molecule has 1 saturated heterocycles. The zero-order chi connectivity index (χ0) is 18.4. The van der Waals surface area contributed by atoms with Gasteiger partial charge in [0.2, 0.25) is 0 Å². The van der Waals surface area contributed by atoms with Crippen LogP contribution in [-0.4, -0.2) is 76.8 Å². The molecule has 0 atom stereocenters. The molecule has 0 saturated carbocycles. The Labute approximate surface area is 155 Å². The standard InChI is InChI=1S/C20H27N3O3/c1-22(2)15-21-18-6-4-5-16-13-20(19(24-3)14-17(16)18)26-12-9-23-7-10-25-11-8-23/h4-6,13-15H,7-12H2,1-3H3. The molecule has 1 aliphatic heterocycles. The third-order valence-electron chi connectivity index (χ3n) is 4.34. The highest BCUT2D eigenvalue weighted by Crippen LogP contribution is 2.36. The molecule has 0 amide bonds. The van der Waals surface area contributed by atoms with Crippen LogP contribution in [0.15, 0.2) is 35.3 Å². The molecule has 0 bridgehead atoms. The second-order valence-electron chi connectivity index (χ2n) is 6.51. The Hall–Kier alpha value is -2.31. The molecule has 2 aromatic rings. The average Bonchev–Trinajstić information content (AvgIpc) is 2.66. The number of methoxy groups -OCH3 is 1. The van der Waals surface area contributed by atoms with E-state index in [1.165, 1.54) is 0 Å². The maximum atomic E-state index is 6.02. The van der Waals surface area contributed by atoms with Gasteiger partial charge >= 0.3 is 0 Å². The predicted molar refractivity (Wildman–Crippen MR) is 105 cm³/mol. The quantitative estimate of drug-likeness (QED) is 0.563. The van der Waals surface area contributed by atoms with Crippen molar-refractivity contribution < 1.29 is 14.2 Å². The van der Waals surface area contributed by atoms with Gasteiger partial charge in [-0.3, -0.25) is 4.90 Å². The zero-order valence-electron chi connectivity index (χ0n) is 15.8. The van der Waals surface area contributed by atoms with Crippen molar-refractivity contribution in [3.63, 3.8) is 0 Å². The van der Waals surface area contributed by atoms with Gasteiger partial charge in [0.15, 0.2) is 11.5 Å². The van der Waals surface area contributed by atoms with Gasteiger partial charge in [0.25, 0.3) is 0 Å². The minimum Gasteiger partial charge on any atom is -0.493 e. The van der Waals surface area contributed by atoms with Crippen molar-refractivity contribution >= 4 is 22.8 Å². The van der Waals surface area contributed by atoms with Crippen LogP contribution in [0.1, 0.15) is 0 Å². The maximum absolute atomic E-state index is 6.02. The number of hydrogen-bond donors (Lipinski definition) is 0. The maximum Gasteiger partial charge on any atom is 0.161 e. The van der Waals surface area contributed by atoms with Crippen molar-refractivity contribution in [2.24, 2.45) is 4.99 Å². The summed E-state index contributed by atoms with van der Waals surface area (Å²) in [7, 11) is 5.58.